The summed E-state index contributed by atoms with van der Waals surface area (Å²) in [6.45, 7) is 10.8. The highest BCUT2D eigenvalue weighted by molar-refractivity contribution is 5.92. The first-order valence-electron chi connectivity index (χ1n) is 6.92. The molecule has 0 bridgehead atoms. The predicted molar refractivity (Wildman–Crippen MR) is 77.4 cm³/mol. The average molecular weight is 264 g/mol. The normalized spacial score (nSPS) is 11.1. The van der Waals surface area contributed by atoms with Crippen LogP contribution >= 0.6 is 0 Å². The van der Waals surface area contributed by atoms with Crippen LogP contribution in [-0.4, -0.2) is 17.7 Å². The molecule has 1 rings (SSSR count). The van der Waals surface area contributed by atoms with Crippen molar-refractivity contribution in [2.45, 2.75) is 52.9 Å². The number of aromatic carboxylic acids is 1. The second-order valence-corrected chi connectivity index (χ2v) is 5.45. The molecule has 0 fully saturated rings. The van der Waals surface area contributed by atoms with Crippen LogP contribution in [0, 0.1) is 0 Å². The minimum absolute atomic E-state index is 0.239. The lowest BCUT2D eigenvalue weighted by Crippen LogP contribution is -2.09. The van der Waals surface area contributed by atoms with Crippen LogP contribution in [0.25, 0.3) is 0 Å². The van der Waals surface area contributed by atoms with Crippen LogP contribution in [0.5, 0.6) is 5.75 Å². The number of carboxylic acids is 1. The highest BCUT2D eigenvalue weighted by Gasteiger charge is 2.20. The van der Waals surface area contributed by atoms with Gasteiger partial charge in [0, 0.05) is 0 Å². The van der Waals surface area contributed by atoms with Crippen LogP contribution in [0.1, 0.15) is 74.4 Å². The first-order chi connectivity index (χ1) is 8.88. The van der Waals surface area contributed by atoms with E-state index in [1.165, 1.54) is 0 Å². The Bertz CT molecular complexity index is 448. The van der Waals surface area contributed by atoms with Gasteiger partial charge in [0.25, 0.3) is 0 Å². The molecule has 19 heavy (non-hydrogen) atoms. The molecule has 3 nitrogen and oxygen atoms in total. The average Bonchev–Trinajstić information content (AvgIpc) is 2.34. The Hall–Kier alpha value is -1.51. The third-order valence-electron chi connectivity index (χ3n) is 3.11. The molecular weight excluding hydrogens is 240 g/mol. The summed E-state index contributed by atoms with van der Waals surface area (Å²) < 4.78 is 5.69. The highest BCUT2D eigenvalue weighted by atomic mass is 16.5. The van der Waals surface area contributed by atoms with Crippen molar-refractivity contribution in [3.8, 4) is 5.75 Å². The van der Waals surface area contributed by atoms with Gasteiger partial charge in [0.15, 0.2) is 0 Å². The molecule has 0 atom stereocenters. The predicted octanol–water partition coefficient (Wildman–Crippen LogP) is 4.42. The maximum Gasteiger partial charge on any atom is 0.339 e. The third-order valence-corrected chi connectivity index (χ3v) is 3.11. The van der Waals surface area contributed by atoms with Crippen LogP contribution < -0.4 is 4.74 Å². The van der Waals surface area contributed by atoms with Crippen LogP contribution in [-0.2, 0) is 0 Å². The molecule has 0 amide bonds. The van der Waals surface area contributed by atoms with Gasteiger partial charge in [-0.1, -0.05) is 40.7 Å². The fourth-order valence-corrected chi connectivity index (χ4v) is 1.96. The Morgan fingerprint density at radius 1 is 1.21 bits per heavy atom. The number of hydrogen-bond donors (Lipinski definition) is 1. The van der Waals surface area contributed by atoms with Crippen LogP contribution in [0.2, 0.25) is 0 Å². The molecule has 0 unspecified atom stereocenters. The number of rotatable bonds is 6. The molecule has 106 valence electrons. The van der Waals surface area contributed by atoms with Gasteiger partial charge >= 0.3 is 5.97 Å². The van der Waals surface area contributed by atoms with Gasteiger partial charge in [-0.15, -0.1) is 0 Å². The molecule has 0 aromatic heterocycles. The zero-order chi connectivity index (χ0) is 14.6. The largest absolute Gasteiger partial charge is 0.492 e. The first kappa shape index (κ1) is 15.5. The summed E-state index contributed by atoms with van der Waals surface area (Å²) >= 11 is 0. The summed E-state index contributed by atoms with van der Waals surface area (Å²) in [6.07, 6.45) is 0.864. The molecule has 3 heteroatoms. The van der Waals surface area contributed by atoms with Crippen LogP contribution in [0.4, 0.5) is 0 Å². The van der Waals surface area contributed by atoms with Gasteiger partial charge < -0.3 is 9.84 Å². The van der Waals surface area contributed by atoms with Gasteiger partial charge in [-0.25, -0.2) is 4.79 Å². The van der Waals surface area contributed by atoms with Gasteiger partial charge in [-0.2, -0.15) is 0 Å². The molecule has 0 radical (unpaired) electrons. The van der Waals surface area contributed by atoms with Crippen molar-refractivity contribution in [1.82, 2.24) is 0 Å². The van der Waals surface area contributed by atoms with E-state index in [0.717, 1.165) is 17.5 Å². The Morgan fingerprint density at radius 3 is 2.26 bits per heavy atom. The van der Waals surface area contributed by atoms with E-state index in [9.17, 15) is 9.90 Å². The maximum absolute atomic E-state index is 11.5. The van der Waals surface area contributed by atoms with Gasteiger partial charge in [-0.3, -0.25) is 0 Å². The summed E-state index contributed by atoms with van der Waals surface area (Å²) in [7, 11) is 0. The van der Waals surface area contributed by atoms with Gasteiger partial charge in [-0.05, 0) is 35.4 Å². The second-order valence-electron chi connectivity index (χ2n) is 5.45. The lowest BCUT2D eigenvalue weighted by Gasteiger charge is -2.19. The molecule has 0 aliphatic carbocycles. The number of carboxylic acid groups (broad SMARTS) is 1. The summed E-state index contributed by atoms with van der Waals surface area (Å²) in [5.74, 6) is 0.156. The zero-order valence-electron chi connectivity index (χ0n) is 12.5. The smallest absolute Gasteiger partial charge is 0.339 e. The molecule has 0 heterocycles. The van der Waals surface area contributed by atoms with Crippen LogP contribution in [0.3, 0.4) is 0 Å². The number of benzene rings is 1. The van der Waals surface area contributed by atoms with Crippen molar-refractivity contribution in [3.05, 3.63) is 28.8 Å². The molecule has 0 spiro atoms. The topological polar surface area (TPSA) is 46.5 Å². The van der Waals surface area contributed by atoms with E-state index in [0.29, 0.717) is 18.3 Å². The highest BCUT2D eigenvalue weighted by Crippen LogP contribution is 2.34. The van der Waals surface area contributed by atoms with Crippen molar-refractivity contribution in [2.24, 2.45) is 0 Å². The summed E-state index contributed by atoms with van der Waals surface area (Å²) in [6, 6.07) is 3.82. The van der Waals surface area contributed by atoms with E-state index in [1.54, 1.807) is 6.07 Å². The lowest BCUT2D eigenvalue weighted by atomic mass is 9.92. The lowest BCUT2D eigenvalue weighted by molar-refractivity contribution is 0.0692. The molecule has 1 N–H and O–H groups in total. The van der Waals surface area contributed by atoms with Gasteiger partial charge in [0.2, 0.25) is 0 Å². The molecule has 0 saturated carbocycles. The van der Waals surface area contributed by atoms with E-state index in [1.807, 2.05) is 6.92 Å². The third kappa shape index (κ3) is 3.72. The fourth-order valence-electron chi connectivity index (χ4n) is 1.96. The Balaban J connectivity index is 3.41. The van der Waals surface area contributed by atoms with E-state index >= 15 is 0 Å². The van der Waals surface area contributed by atoms with E-state index in [4.69, 9.17) is 4.74 Å². The first-order valence-corrected chi connectivity index (χ1v) is 6.92. The molecule has 0 aliphatic rings. The SMILES string of the molecule is CCCOc1c(C(=O)O)cc(C(C)C)cc1C(C)C. The van der Waals surface area contributed by atoms with Crippen LogP contribution in [0.15, 0.2) is 12.1 Å². The van der Waals surface area contributed by atoms with Gasteiger partial charge in [0.05, 0.1) is 6.61 Å². The standard InChI is InChI=1S/C16H24O3/c1-6-7-19-15-13(11(4)5)8-12(10(2)3)9-14(15)16(17)18/h8-11H,6-7H2,1-5H3,(H,17,18). The molecular formula is C16H24O3. The number of hydrogen-bond acceptors (Lipinski definition) is 2. The number of ether oxygens (including phenoxy) is 1. The number of carbonyl (C=O) groups is 1. The monoisotopic (exact) mass is 264 g/mol. The minimum Gasteiger partial charge on any atom is -0.492 e. The van der Waals surface area contributed by atoms with Gasteiger partial charge in [0.1, 0.15) is 11.3 Å². The zero-order valence-corrected chi connectivity index (χ0v) is 12.5. The van der Waals surface area contributed by atoms with Crippen molar-refractivity contribution in [2.75, 3.05) is 6.61 Å². The van der Waals surface area contributed by atoms with E-state index < -0.39 is 5.97 Å². The Labute approximate surface area is 115 Å². The molecule has 0 saturated heterocycles. The summed E-state index contributed by atoms with van der Waals surface area (Å²) in [4.78, 5) is 11.5. The van der Waals surface area contributed by atoms with E-state index in [2.05, 4.69) is 33.8 Å². The molecule has 1 aromatic carbocycles. The summed E-state index contributed by atoms with van der Waals surface area (Å²) in [5, 5.41) is 9.40. The maximum atomic E-state index is 11.5. The Morgan fingerprint density at radius 2 is 1.84 bits per heavy atom. The van der Waals surface area contributed by atoms with Crippen molar-refractivity contribution in [3.63, 3.8) is 0 Å². The van der Waals surface area contributed by atoms with E-state index in [-0.39, 0.29) is 11.5 Å². The minimum atomic E-state index is -0.921. The second kappa shape index (κ2) is 6.60. The fraction of sp³-hybridized carbons (Fsp3) is 0.562. The molecule has 1 aromatic rings. The quantitative estimate of drug-likeness (QED) is 0.827. The van der Waals surface area contributed by atoms with Crippen molar-refractivity contribution >= 4 is 5.97 Å². The van der Waals surface area contributed by atoms with Crippen molar-refractivity contribution in [1.29, 1.82) is 0 Å². The Kier molecular flexibility index (Phi) is 5.40. The van der Waals surface area contributed by atoms with Crippen molar-refractivity contribution < 1.29 is 14.6 Å². The summed E-state index contributed by atoms with van der Waals surface area (Å²) in [5.41, 5.74) is 2.31. The molecule has 0 aliphatic heterocycles.